The molecule has 2 atom stereocenters. The van der Waals surface area contributed by atoms with Gasteiger partial charge in [0.2, 0.25) is 0 Å². The normalized spacial score (nSPS) is 26.5. The highest BCUT2D eigenvalue weighted by atomic mass is 16.6. The minimum absolute atomic E-state index is 0.235. The molecule has 0 amide bonds. The van der Waals surface area contributed by atoms with Crippen molar-refractivity contribution in [3.05, 3.63) is 35.9 Å². The second-order valence-corrected chi connectivity index (χ2v) is 7.10. The summed E-state index contributed by atoms with van der Waals surface area (Å²) in [4.78, 5) is 18.9. The Bertz CT molecular complexity index is 588. The van der Waals surface area contributed by atoms with E-state index in [1.165, 1.54) is 18.4 Å². The number of piperidine rings is 1. The van der Waals surface area contributed by atoms with Gasteiger partial charge in [0.05, 0.1) is 11.6 Å². The lowest BCUT2D eigenvalue weighted by Gasteiger charge is -2.30. The number of oxime groups is 1. The van der Waals surface area contributed by atoms with Gasteiger partial charge in [-0.25, -0.2) is 0 Å². The molecule has 25 heavy (non-hydrogen) atoms. The predicted octanol–water partition coefficient (Wildman–Crippen LogP) is 3.51. The first-order valence-corrected chi connectivity index (χ1v) is 9.43. The van der Waals surface area contributed by atoms with Crippen molar-refractivity contribution in [3.63, 3.8) is 0 Å². The Kier molecular flexibility index (Phi) is 6.45. The summed E-state index contributed by atoms with van der Waals surface area (Å²) in [6.07, 6.45) is 6.29. The van der Waals surface area contributed by atoms with Crippen LogP contribution in [0.25, 0.3) is 0 Å². The van der Waals surface area contributed by atoms with Gasteiger partial charge >= 0.3 is 5.97 Å². The highest BCUT2D eigenvalue weighted by Gasteiger charge is 2.25. The zero-order valence-corrected chi connectivity index (χ0v) is 14.8. The van der Waals surface area contributed by atoms with Crippen molar-refractivity contribution < 1.29 is 14.7 Å². The largest absolute Gasteiger partial charge is 0.481 e. The lowest BCUT2D eigenvalue weighted by Crippen LogP contribution is -2.40. The maximum Gasteiger partial charge on any atom is 0.307 e. The van der Waals surface area contributed by atoms with Crippen molar-refractivity contribution >= 4 is 11.7 Å². The number of likely N-dealkylation sites (tertiary alicyclic amines) is 1. The minimum atomic E-state index is -0.682. The van der Waals surface area contributed by atoms with E-state index in [0.29, 0.717) is 19.1 Å². The minimum Gasteiger partial charge on any atom is -0.481 e. The molecule has 0 aromatic heterocycles. The van der Waals surface area contributed by atoms with Gasteiger partial charge in [0.15, 0.2) is 0 Å². The van der Waals surface area contributed by atoms with E-state index in [4.69, 9.17) is 9.94 Å². The van der Waals surface area contributed by atoms with E-state index < -0.39 is 5.97 Å². The molecule has 5 heteroatoms. The highest BCUT2D eigenvalue weighted by molar-refractivity contribution is 5.91. The molecule has 3 rings (SSSR count). The van der Waals surface area contributed by atoms with Gasteiger partial charge in [0, 0.05) is 19.0 Å². The van der Waals surface area contributed by atoms with Crippen molar-refractivity contribution in [1.29, 1.82) is 0 Å². The van der Waals surface area contributed by atoms with Crippen LogP contribution in [0.15, 0.2) is 35.5 Å². The van der Waals surface area contributed by atoms with E-state index in [1.807, 2.05) is 6.07 Å². The fraction of sp³-hybridized carbons (Fsp3) is 0.600. The van der Waals surface area contributed by atoms with E-state index in [9.17, 15) is 4.79 Å². The quantitative estimate of drug-likeness (QED) is 0.634. The van der Waals surface area contributed by atoms with Crippen LogP contribution in [0.4, 0.5) is 0 Å². The number of benzene rings is 1. The smallest absolute Gasteiger partial charge is 0.307 e. The highest BCUT2D eigenvalue weighted by Crippen LogP contribution is 2.30. The molecule has 136 valence electrons. The van der Waals surface area contributed by atoms with E-state index >= 15 is 0 Å². The summed E-state index contributed by atoms with van der Waals surface area (Å²) >= 11 is 0. The molecule has 2 aliphatic rings. The van der Waals surface area contributed by atoms with Crippen LogP contribution in [0, 0.1) is 5.92 Å². The Morgan fingerprint density at radius 1 is 1.20 bits per heavy atom. The van der Waals surface area contributed by atoms with Crippen molar-refractivity contribution in [1.82, 2.24) is 4.90 Å². The summed E-state index contributed by atoms with van der Waals surface area (Å²) in [6.45, 7) is 2.85. The molecule has 0 spiro atoms. The average molecular weight is 344 g/mol. The second-order valence-electron chi connectivity index (χ2n) is 7.10. The fourth-order valence-electron chi connectivity index (χ4n) is 3.91. The van der Waals surface area contributed by atoms with E-state index in [2.05, 4.69) is 34.3 Å². The summed E-state index contributed by atoms with van der Waals surface area (Å²) in [5.74, 6) is -0.541. The van der Waals surface area contributed by atoms with Gasteiger partial charge in [-0.2, -0.15) is 0 Å². The Morgan fingerprint density at radius 3 is 2.84 bits per heavy atom. The number of aliphatic carboxylic acids is 1. The predicted molar refractivity (Wildman–Crippen MR) is 97.8 cm³/mol. The fourth-order valence-corrected chi connectivity index (χ4v) is 3.91. The number of rotatable bonds is 6. The van der Waals surface area contributed by atoms with Crippen molar-refractivity contribution in [3.8, 4) is 0 Å². The summed E-state index contributed by atoms with van der Waals surface area (Å²) in [5.41, 5.74) is 2.48. The third kappa shape index (κ3) is 5.05. The van der Waals surface area contributed by atoms with Gasteiger partial charge in [0.1, 0.15) is 6.61 Å². The first-order valence-electron chi connectivity index (χ1n) is 9.43. The van der Waals surface area contributed by atoms with Crippen molar-refractivity contribution in [2.75, 3.05) is 26.2 Å². The Balaban J connectivity index is 1.50. The summed E-state index contributed by atoms with van der Waals surface area (Å²) in [6, 6.07) is 10.6. The van der Waals surface area contributed by atoms with E-state index in [0.717, 1.165) is 44.5 Å². The molecule has 5 nitrogen and oxygen atoms in total. The number of carbonyl (C=O) groups is 1. The van der Waals surface area contributed by atoms with Gasteiger partial charge in [-0.1, -0.05) is 41.9 Å². The number of carboxylic acid groups (broad SMARTS) is 1. The van der Waals surface area contributed by atoms with Crippen LogP contribution in [-0.4, -0.2) is 47.9 Å². The molecule has 1 saturated carbocycles. The van der Waals surface area contributed by atoms with Gasteiger partial charge in [-0.15, -0.1) is 0 Å². The van der Waals surface area contributed by atoms with Crippen molar-refractivity contribution in [2.24, 2.45) is 11.1 Å². The van der Waals surface area contributed by atoms with Crippen LogP contribution in [0.1, 0.15) is 50.0 Å². The third-order valence-corrected chi connectivity index (χ3v) is 5.32. The molecule has 1 aliphatic heterocycles. The number of hydrogen-bond acceptors (Lipinski definition) is 4. The standard InChI is InChI=1S/C20H28N2O3/c23-20(24)17-9-6-12-22(15-17)13-14-25-21-19-11-5-4-10-18(19)16-7-2-1-3-8-16/h1-3,7-8,17-18H,4-6,9-15H2,(H,23,24)/t17-,18?/m1/s1. The lowest BCUT2D eigenvalue weighted by atomic mass is 9.82. The van der Waals surface area contributed by atoms with Crippen molar-refractivity contribution in [2.45, 2.75) is 44.4 Å². The zero-order chi connectivity index (χ0) is 17.5. The van der Waals surface area contributed by atoms with Gasteiger partial charge in [-0.3, -0.25) is 9.69 Å². The van der Waals surface area contributed by atoms with Crippen LogP contribution in [0.2, 0.25) is 0 Å². The molecule has 0 radical (unpaired) electrons. The third-order valence-electron chi connectivity index (χ3n) is 5.32. The zero-order valence-electron chi connectivity index (χ0n) is 14.8. The molecule has 1 aromatic carbocycles. The molecule has 1 unspecified atom stereocenters. The Labute approximate surface area is 149 Å². The summed E-state index contributed by atoms with van der Waals surface area (Å²) in [7, 11) is 0. The van der Waals surface area contributed by atoms with Gasteiger partial charge < -0.3 is 9.94 Å². The topological polar surface area (TPSA) is 62.1 Å². The molecule has 2 fully saturated rings. The molecule has 0 bridgehead atoms. The SMILES string of the molecule is O=C(O)[C@@H]1CCCN(CCON=C2CCCCC2c2ccccc2)C1. The van der Waals surface area contributed by atoms with Gasteiger partial charge in [0.25, 0.3) is 0 Å². The molecule has 1 aliphatic carbocycles. The molecule has 1 saturated heterocycles. The maximum atomic E-state index is 11.1. The molecule has 1 N–H and O–H groups in total. The molecule has 1 aromatic rings. The lowest BCUT2D eigenvalue weighted by molar-refractivity contribution is -0.143. The number of nitrogens with zero attached hydrogens (tertiary/aromatic N) is 2. The van der Waals surface area contributed by atoms with E-state index in [1.54, 1.807) is 0 Å². The number of carboxylic acids is 1. The monoisotopic (exact) mass is 344 g/mol. The average Bonchev–Trinajstić information content (AvgIpc) is 2.66. The number of hydrogen-bond donors (Lipinski definition) is 1. The van der Waals surface area contributed by atoms with Crippen LogP contribution < -0.4 is 0 Å². The summed E-state index contributed by atoms with van der Waals surface area (Å²) < 4.78 is 0. The first-order chi connectivity index (χ1) is 12.2. The Morgan fingerprint density at radius 2 is 2.04 bits per heavy atom. The second kappa shape index (κ2) is 8.99. The maximum absolute atomic E-state index is 11.1. The van der Waals surface area contributed by atoms with Crippen LogP contribution in [0.3, 0.4) is 0 Å². The summed E-state index contributed by atoms with van der Waals surface area (Å²) in [5, 5.41) is 13.6. The van der Waals surface area contributed by atoms with Crippen LogP contribution in [-0.2, 0) is 9.63 Å². The van der Waals surface area contributed by atoms with Crippen LogP contribution in [0.5, 0.6) is 0 Å². The molecule has 1 heterocycles. The van der Waals surface area contributed by atoms with Crippen LogP contribution >= 0.6 is 0 Å². The Hall–Kier alpha value is -1.88. The van der Waals surface area contributed by atoms with Gasteiger partial charge in [-0.05, 0) is 44.2 Å². The first kappa shape index (κ1) is 17.9. The molecular weight excluding hydrogens is 316 g/mol. The van der Waals surface area contributed by atoms with E-state index in [-0.39, 0.29) is 5.92 Å². The molecular formula is C20H28N2O3.